The fourth-order valence-corrected chi connectivity index (χ4v) is 2.87. The molecule has 1 fully saturated rings. The van der Waals surface area contributed by atoms with Gasteiger partial charge in [-0.3, -0.25) is 9.79 Å². The Hall–Kier alpha value is -2.08. The lowest BCUT2D eigenvalue weighted by molar-refractivity contribution is -0.136. The van der Waals surface area contributed by atoms with Crippen molar-refractivity contribution in [3.05, 3.63) is 35.9 Å². The van der Waals surface area contributed by atoms with Crippen molar-refractivity contribution in [2.24, 2.45) is 4.99 Å². The van der Waals surface area contributed by atoms with E-state index in [9.17, 15) is 4.79 Å². The maximum atomic E-state index is 13.0. The van der Waals surface area contributed by atoms with Gasteiger partial charge in [0.15, 0.2) is 5.96 Å². The van der Waals surface area contributed by atoms with E-state index in [1.165, 1.54) is 0 Å². The number of ether oxygens (including phenoxy) is 1. The van der Waals surface area contributed by atoms with Crippen LogP contribution in [-0.2, 0) is 9.53 Å². The number of rotatable bonds is 4. The largest absolute Gasteiger partial charge is 0.378 e. The SMILES string of the molecule is CN(C)C(=NCC(C(=O)N1CCOCC1)c1ccccc1)N(C)C. The molecular weight excluding hydrogens is 304 g/mol. The first-order chi connectivity index (χ1) is 11.5. The normalized spacial score (nSPS) is 15.6. The Bertz CT molecular complexity index is 541. The van der Waals surface area contributed by atoms with Gasteiger partial charge in [0.25, 0.3) is 0 Å². The molecule has 0 radical (unpaired) electrons. The van der Waals surface area contributed by atoms with Gasteiger partial charge in [-0.1, -0.05) is 30.3 Å². The Morgan fingerprint density at radius 1 is 1.12 bits per heavy atom. The highest BCUT2D eigenvalue weighted by Gasteiger charge is 2.27. The number of nitrogens with zero attached hydrogens (tertiary/aromatic N) is 4. The number of hydrogen-bond donors (Lipinski definition) is 0. The van der Waals surface area contributed by atoms with Crippen LogP contribution in [0.4, 0.5) is 0 Å². The zero-order valence-corrected chi connectivity index (χ0v) is 15.1. The zero-order chi connectivity index (χ0) is 17.5. The standard InChI is InChI=1S/C18H28N4O2/c1-20(2)18(21(3)4)19-14-16(15-8-6-5-7-9-15)17(23)22-10-12-24-13-11-22/h5-9,16H,10-14H2,1-4H3. The fourth-order valence-electron chi connectivity index (χ4n) is 2.87. The Morgan fingerprint density at radius 3 is 2.25 bits per heavy atom. The molecule has 1 amide bonds. The second kappa shape index (κ2) is 8.68. The highest BCUT2D eigenvalue weighted by molar-refractivity contribution is 5.85. The summed E-state index contributed by atoms with van der Waals surface area (Å²) in [6.45, 7) is 2.96. The molecule has 1 aromatic rings. The summed E-state index contributed by atoms with van der Waals surface area (Å²) in [6.07, 6.45) is 0. The minimum atomic E-state index is -0.265. The number of hydrogen-bond acceptors (Lipinski definition) is 3. The third-order valence-corrected chi connectivity index (χ3v) is 4.04. The van der Waals surface area contributed by atoms with E-state index < -0.39 is 0 Å². The number of carbonyl (C=O) groups excluding carboxylic acids is 1. The third-order valence-electron chi connectivity index (χ3n) is 4.04. The van der Waals surface area contributed by atoms with Crippen molar-refractivity contribution >= 4 is 11.9 Å². The molecule has 0 N–H and O–H groups in total. The van der Waals surface area contributed by atoms with E-state index in [1.54, 1.807) is 0 Å². The van der Waals surface area contributed by atoms with Crippen molar-refractivity contribution in [1.29, 1.82) is 0 Å². The first-order valence-electron chi connectivity index (χ1n) is 8.31. The highest BCUT2D eigenvalue weighted by atomic mass is 16.5. The lowest BCUT2D eigenvalue weighted by Crippen LogP contribution is -2.44. The summed E-state index contributed by atoms with van der Waals surface area (Å²) < 4.78 is 5.36. The van der Waals surface area contributed by atoms with Crippen LogP contribution in [0.1, 0.15) is 11.5 Å². The van der Waals surface area contributed by atoms with E-state index in [0.717, 1.165) is 11.5 Å². The molecule has 24 heavy (non-hydrogen) atoms. The van der Waals surface area contributed by atoms with Crippen LogP contribution in [0.3, 0.4) is 0 Å². The van der Waals surface area contributed by atoms with Gasteiger partial charge in [-0.25, -0.2) is 0 Å². The van der Waals surface area contributed by atoms with Gasteiger partial charge in [0.1, 0.15) is 0 Å². The lowest BCUT2D eigenvalue weighted by Gasteiger charge is -2.30. The Labute approximate surface area is 144 Å². The van der Waals surface area contributed by atoms with Gasteiger partial charge in [-0.2, -0.15) is 0 Å². The molecule has 1 heterocycles. The average molecular weight is 332 g/mol. The monoisotopic (exact) mass is 332 g/mol. The first kappa shape index (κ1) is 18.3. The topological polar surface area (TPSA) is 48.4 Å². The van der Waals surface area contributed by atoms with Gasteiger partial charge in [0, 0.05) is 41.3 Å². The predicted molar refractivity (Wildman–Crippen MR) is 96.3 cm³/mol. The van der Waals surface area contributed by atoms with Crippen LogP contribution in [0.2, 0.25) is 0 Å². The van der Waals surface area contributed by atoms with Crippen molar-refractivity contribution in [2.45, 2.75) is 5.92 Å². The summed E-state index contributed by atoms with van der Waals surface area (Å²) >= 11 is 0. The fraction of sp³-hybridized carbons (Fsp3) is 0.556. The summed E-state index contributed by atoms with van der Waals surface area (Å²) in [7, 11) is 7.83. The van der Waals surface area contributed by atoms with Crippen molar-refractivity contribution < 1.29 is 9.53 Å². The van der Waals surface area contributed by atoms with Crippen molar-refractivity contribution in [3.8, 4) is 0 Å². The molecule has 2 rings (SSSR count). The second-order valence-corrected chi connectivity index (χ2v) is 6.33. The number of benzene rings is 1. The smallest absolute Gasteiger partial charge is 0.232 e. The molecule has 132 valence electrons. The van der Waals surface area contributed by atoms with Gasteiger partial charge in [0.2, 0.25) is 5.91 Å². The van der Waals surface area contributed by atoms with Crippen molar-refractivity contribution in [2.75, 3.05) is 61.0 Å². The Morgan fingerprint density at radius 2 is 1.71 bits per heavy atom. The molecule has 0 bridgehead atoms. The van der Waals surface area contributed by atoms with Crippen molar-refractivity contribution in [3.63, 3.8) is 0 Å². The molecule has 1 aliphatic heterocycles. The van der Waals surface area contributed by atoms with Gasteiger partial charge in [-0.15, -0.1) is 0 Å². The summed E-state index contributed by atoms with van der Waals surface area (Å²) in [5.74, 6) is 0.718. The first-order valence-corrected chi connectivity index (χ1v) is 8.31. The van der Waals surface area contributed by atoms with Crippen LogP contribution in [0.5, 0.6) is 0 Å². The molecule has 1 aromatic carbocycles. The van der Waals surface area contributed by atoms with E-state index >= 15 is 0 Å². The molecule has 1 unspecified atom stereocenters. The van der Waals surface area contributed by atoms with Gasteiger partial charge in [0.05, 0.1) is 25.7 Å². The van der Waals surface area contributed by atoms with Crippen LogP contribution in [0.15, 0.2) is 35.3 Å². The summed E-state index contributed by atoms with van der Waals surface area (Å²) in [6, 6.07) is 9.91. The summed E-state index contributed by atoms with van der Waals surface area (Å²) in [5.41, 5.74) is 1.01. The zero-order valence-electron chi connectivity index (χ0n) is 15.1. The van der Waals surface area contributed by atoms with E-state index in [4.69, 9.17) is 9.73 Å². The molecule has 0 aromatic heterocycles. The molecule has 0 aliphatic carbocycles. The van der Waals surface area contributed by atoms with Crippen LogP contribution in [0, 0.1) is 0 Å². The number of aliphatic imine (C=N–C) groups is 1. The number of guanidine groups is 1. The molecule has 6 heteroatoms. The van der Waals surface area contributed by atoms with Crippen molar-refractivity contribution in [1.82, 2.24) is 14.7 Å². The maximum absolute atomic E-state index is 13.0. The van der Waals surface area contributed by atoms with E-state index in [2.05, 4.69) is 0 Å². The minimum absolute atomic E-state index is 0.130. The van der Waals surface area contributed by atoms with E-state index in [0.29, 0.717) is 32.8 Å². The van der Waals surface area contributed by atoms with Crippen LogP contribution in [0.25, 0.3) is 0 Å². The molecular formula is C18H28N4O2. The predicted octanol–water partition coefficient (Wildman–Crippen LogP) is 1.11. The molecule has 6 nitrogen and oxygen atoms in total. The lowest BCUT2D eigenvalue weighted by atomic mass is 9.97. The quantitative estimate of drug-likeness (QED) is 0.612. The van der Waals surface area contributed by atoms with Gasteiger partial charge in [-0.05, 0) is 5.56 Å². The average Bonchev–Trinajstić information content (AvgIpc) is 2.59. The Balaban J connectivity index is 2.23. The second-order valence-electron chi connectivity index (χ2n) is 6.33. The van der Waals surface area contributed by atoms with Gasteiger partial charge < -0.3 is 19.4 Å². The highest BCUT2D eigenvalue weighted by Crippen LogP contribution is 2.20. The number of amides is 1. The number of morpholine rings is 1. The van der Waals surface area contributed by atoms with Crippen LogP contribution >= 0.6 is 0 Å². The number of carbonyl (C=O) groups is 1. The van der Waals surface area contributed by atoms with Crippen LogP contribution in [-0.4, -0.2) is 87.6 Å². The molecule has 1 saturated heterocycles. The molecule has 0 saturated carbocycles. The van der Waals surface area contributed by atoms with Gasteiger partial charge >= 0.3 is 0 Å². The van der Waals surface area contributed by atoms with E-state index in [-0.39, 0.29) is 11.8 Å². The summed E-state index contributed by atoms with van der Waals surface area (Å²) in [5, 5.41) is 0. The molecule has 1 atom stereocenters. The third kappa shape index (κ3) is 4.71. The molecule has 1 aliphatic rings. The maximum Gasteiger partial charge on any atom is 0.232 e. The molecule has 0 spiro atoms. The minimum Gasteiger partial charge on any atom is -0.378 e. The van der Waals surface area contributed by atoms with Crippen LogP contribution < -0.4 is 0 Å². The Kier molecular flexibility index (Phi) is 6.61. The summed E-state index contributed by atoms with van der Waals surface area (Å²) in [4.78, 5) is 23.5. The van der Waals surface area contributed by atoms with E-state index in [1.807, 2.05) is 73.2 Å².